The summed E-state index contributed by atoms with van der Waals surface area (Å²) in [4.78, 5) is 30.1. The number of carbonyl (C=O) groups excluding carboxylic acids is 3. The number of hydrogen-bond acceptors (Lipinski definition) is 7. The number of hydrogen-bond donors (Lipinski definition) is 0. The lowest BCUT2D eigenvalue weighted by atomic mass is 10.2. The monoisotopic (exact) mass is 350 g/mol. The summed E-state index contributed by atoms with van der Waals surface area (Å²) in [5, 5.41) is 0. The van der Waals surface area contributed by atoms with Crippen LogP contribution in [0, 0.1) is 0 Å². The average molecular weight is 350 g/mol. The van der Waals surface area contributed by atoms with E-state index in [1.165, 1.54) is 0 Å². The summed E-state index contributed by atoms with van der Waals surface area (Å²) in [6.45, 7) is 1.78. The van der Waals surface area contributed by atoms with E-state index in [1.807, 2.05) is 0 Å². The second-order valence-corrected chi connectivity index (χ2v) is 5.61. The van der Waals surface area contributed by atoms with Gasteiger partial charge in [0, 0.05) is 18.8 Å². The fourth-order valence-electron chi connectivity index (χ4n) is 2.41. The van der Waals surface area contributed by atoms with Gasteiger partial charge in [0.05, 0.1) is 0 Å². The van der Waals surface area contributed by atoms with Crippen LogP contribution in [0.25, 0.3) is 0 Å². The Morgan fingerprint density at radius 1 is 0.840 bits per heavy atom. The van der Waals surface area contributed by atoms with Gasteiger partial charge in [0.15, 0.2) is 11.5 Å². The molecule has 25 heavy (non-hydrogen) atoms. The Morgan fingerprint density at radius 2 is 1.44 bits per heavy atom. The van der Waals surface area contributed by atoms with Gasteiger partial charge in [-0.05, 0) is 43.9 Å². The van der Waals surface area contributed by atoms with E-state index in [-0.39, 0.29) is 19.0 Å². The van der Waals surface area contributed by atoms with Crippen LogP contribution >= 0.6 is 0 Å². The molecule has 3 aliphatic heterocycles. The molecule has 2 atom stereocenters. The molecule has 2 saturated heterocycles. The lowest BCUT2D eigenvalue weighted by molar-refractivity contribution is -0.116. The third kappa shape index (κ3) is 6.28. The molecule has 0 radical (unpaired) electrons. The minimum absolute atomic E-state index is 0.0833. The standard InChI is InChI=1S/C8H6O3.2C5H8O2/c9-4-6-1-2-7-8(3-6)11-5-10-7;2*6-4-5-2-1-3-7-5/h1-4H,5H2;2*4-5H,1-3H2/t;2*5-/m.11/s1. The number of rotatable bonds is 3. The molecule has 3 heterocycles. The van der Waals surface area contributed by atoms with Gasteiger partial charge in [-0.1, -0.05) is 0 Å². The van der Waals surface area contributed by atoms with Crippen molar-refractivity contribution < 1.29 is 33.3 Å². The lowest BCUT2D eigenvalue weighted by Crippen LogP contribution is -2.04. The third-order valence-electron chi connectivity index (χ3n) is 3.77. The Balaban J connectivity index is 0.000000142. The highest BCUT2D eigenvalue weighted by Gasteiger charge is 2.13. The minimum atomic E-state index is -0.0833. The first-order valence-corrected chi connectivity index (χ1v) is 8.25. The van der Waals surface area contributed by atoms with E-state index in [1.54, 1.807) is 18.2 Å². The van der Waals surface area contributed by atoms with Crippen molar-refractivity contribution in [2.45, 2.75) is 37.9 Å². The van der Waals surface area contributed by atoms with Crippen LogP contribution in [0.1, 0.15) is 36.0 Å². The molecule has 1 aromatic rings. The SMILES string of the molecule is O=C[C@H]1CCCO1.O=C[C@H]1CCCO1.O=Cc1ccc2c(c1)OCO2. The second kappa shape index (κ2) is 10.6. The van der Waals surface area contributed by atoms with E-state index in [9.17, 15) is 14.4 Å². The molecule has 0 bridgehead atoms. The zero-order valence-corrected chi connectivity index (χ0v) is 13.9. The minimum Gasteiger partial charge on any atom is -0.454 e. The van der Waals surface area contributed by atoms with Crippen molar-refractivity contribution in [3.8, 4) is 11.5 Å². The van der Waals surface area contributed by atoms with Gasteiger partial charge in [0.2, 0.25) is 6.79 Å². The van der Waals surface area contributed by atoms with Crippen molar-refractivity contribution in [3.05, 3.63) is 23.8 Å². The normalized spacial score (nSPS) is 22.9. The maximum Gasteiger partial charge on any atom is 0.231 e. The Bertz CT molecular complexity index is 541. The smallest absolute Gasteiger partial charge is 0.231 e. The summed E-state index contributed by atoms with van der Waals surface area (Å²) in [6.07, 6.45) is 6.28. The molecule has 0 aromatic heterocycles. The van der Waals surface area contributed by atoms with E-state index >= 15 is 0 Å². The topological polar surface area (TPSA) is 88.1 Å². The highest BCUT2D eigenvalue weighted by Crippen LogP contribution is 2.31. The Hall–Kier alpha value is -2.25. The van der Waals surface area contributed by atoms with Crippen LogP contribution in [-0.2, 0) is 19.1 Å². The van der Waals surface area contributed by atoms with Crippen LogP contribution in [-0.4, -0.2) is 51.1 Å². The van der Waals surface area contributed by atoms with Gasteiger partial charge in [0.1, 0.15) is 31.1 Å². The van der Waals surface area contributed by atoms with E-state index in [2.05, 4.69) is 0 Å². The Morgan fingerprint density at radius 3 is 1.88 bits per heavy atom. The third-order valence-corrected chi connectivity index (χ3v) is 3.77. The average Bonchev–Trinajstić information content (AvgIpc) is 3.44. The van der Waals surface area contributed by atoms with Crippen LogP contribution in [0.4, 0.5) is 0 Å². The van der Waals surface area contributed by atoms with Gasteiger partial charge in [-0.25, -0.2) is 0 Å². The van der Waals surface area contributed by atoms with Crippen molar-refractivity contribution in [2.24, 2.45) is 0 Å². The highest BCUT2D eigenvalue weighted by atomic mass is 16.7. The molecule has 0 unspecified atom stereocenters. The van der Waals surface area contributed by atoms with Gasteiger partial charge < -0.3 is 28.5 Å². The summed E-state index contributed by atoms with van der Waals surface area (Å²) in [5.74, 6) is 1.35. The molecule has 4 rings (SSSR count). The predicted octanol–water partition coefficient (Wildman–Crippen LogP) is 1.96. The zero-order valence-electron chi connectivity index (χ0n) is 13.9. The summed E-state index contributed by atoms with van der Waals surface area (Å²) in [6, 6.07) is 5.09. The number of fused-ring (bicyclic) bond motifs is 1. The summed E-state index contributed by atoms with van der Waals surface area (Å²) in [5.41, 5.74) is 0.606. The van der Waals surface area contributed by atoms with Gasteiger partial charge >= 0.3 is 0 Å². The molecule has 2 fully saturated rings. The Kier molecular flexibility index (Phi) is 8.08. The van der Waals surface area contributed by atoms with E-state index in [0.29, 0.717) is 17.1 Å². The molecule has 0 N–H and O–H groups in total. The fourth-order valence-corrected chi connectivity index (χ4v) is 2.41. The van der Waals surface area contributed by atoms with Crippen LogP contribution in [0.2, 0.25) is 0 Å². The molecule has 1 aromatic carbocycles. The van der Waals surface area contributed by atoms with Crippen molar-refractivity contribution in [2.75, 3.05) is 20.0 Å². The lowest BCUT2D eigenvalue weighted by Gasteiger charge is -1.94. The summed E-state index contributed by atoms with van der Waals surface area (Å²) >= 11 is 0. The molecule has 7 heteroatoms. The number of ether oxygens (including phenoxy) is 4. The quantitative estimate of drug-likeness (QED) is 0.770. The molecule has 3 aliphatic rings. The summed E-state index contributed by atoms with van der Waals surface area (Å²) in [7, 11) is 0. The molecular weight excluding hydrogens is 328 g/mol. The molecule has 0 spiro atoms. The van der Waals surface area contributed by atoms with Crippen LogP contribution in [0.15, 0.2) is 18.2 Å². The second-order valence-electron chi connectivity index (χ2n) is 5.61. The van der Waals surface area contributed by atoms with E-state index < -0.39 is 0 Å². The number of benzene rings is 1. The van der Waals surface area contributed by atoms with Crippen LogP contribution in [0.3, 0.4) is 0 Å². The number of carbonyl (C=O) groups is 3. The molecule has 0 saturated carbocycles. The summed E-state index contributed by atoms with van der Waals surface area (Å²) < 4.78 is 20.0. The molecular formula is C18H22O7. The molecule has 0 aliphatic carbocycles. The van der Waals surface area contributed by atoms with E-state index in [0.717, 1.165) is 57.8 Å². The first-order valence-electron chi connectivity index (χ1n) is 8.25. The largest absolute Gasteiger partial charge is 0.454 e. The predicted molar refractivity (Wildman–Crippen MR) is 88.0 cm³/mol. The fraction of sp³-hybridized carbons (Fsp3) is 0.500. The highest BCUT2D eigenvalue weighted by molar-refractivity contribution is 5.76. The maximum absolute atomic E-state index is 10.3. The van der Waals surface area contributed by atoms with Crippen molar-refractivity contribution in [3.63, 3.8) is 0 Å². The van der Waals surface area contributed by atoms with Crippen molar-refractivity contribution in [1.82, 2.24) is 0 Å². The van der Waals surface area contributed by atoms with Crippen LogP contribution < -0.4 is 9.47 Å². The first-order chi connectivity index (χ1) is 12.3. The zero-order chi connectivity index (χ0) is 17.9. The maximum atomic E-state index is 10.3. The van der Waals surface area contributed by atoms with Crippen molar-refractivity contribution >= 4 is 18.9 Å². The van der Waals surface area contributed by atoms with Gasteiger partial charge in [-0.3, -0.25) is 4.79 Å². The van der Waals surface area contributed by atoms with Gasteiger partial charge in [0.25, 0.3) is 0 Å². The Labute approximate surface area is 146 Å². The van der Waals surface area contributed by atoms with Crippen molar-refractivity contribution in [1.29, 1.82) is 0 Å². The number of aldehydes is 3. The first kappa shape index (κ1) is 19.1. The molecule has 7 nitrogen and oxygen atoms in total. The molecule has 136 valence electrons. The molecule has 0 amide bonds. The van der Waals surface area contributed by atoms with Gasteiger partial charge in [-0.2, -0.15) is 0 Å². The van der Waals surface area contributed by atoms with Crippen LogP contribution in [0.5, 0.6) is 11.5 Å². The van der Waals surface area contributed by atoms with Gasteiger partial charge in [-0.15, -0.1) is 0 Å². The van der Waals surface area contributed by atoms with E-state index in [4.69, 9.17) is 18.9 Å².